The first-order valence-electron chi connectivity index (χ1n) is 8.70. The van der Waals surface area contributed by atoms with Crippen LogP contribution in [0.25, 0.3) is 11.2 Å². The van der Waals surface area contributed by atoms with Crippen molar-refractivity contribution in [3.63, 3.8) is 0 Å². The first-order chi connectivity index (χ1) is 12.5. The SMILES string of the molecule is Cn1cnc2nc(N3CCC[C@@H](N)C3)n(Cc3ccccc3Br)c2c1=O. The van der Waals surface area contributed by atoms with Gasteiger partial charge in [0.25, 0.3) is 5.56 Å². The molecule has 0 aliphatic carbocycles. The van der Waals surface area contributed by atoms with E-state index in [0.29, 0.717) is 17.7 Å². The molecule has 136 valence electrons. The summed E-state index contributed by atoms with van der Waals surface area (Å²) < 4.78 is 4.47. The van der Waals surface area contributed by atoms with Crippen LogP contribution in [0.4, 0.5) is 5.95 Å². The first-order valence-corrected chi connectivity index (χ1v) is 9.49. The number of imidazole rings is 1. The fraction of sp³-hybridized carbons (Fsp3) is 0.389. The van der Waals surface area contributed by atoms with Crippen molar-refractivity contribution in [1.82, 2.24) is 19.1 Å². The number of aromatic nitrogens is 4. The molecule has 2 aromatic heterocycles. The minimum atomic E-state index is -0.0953. The molecule has 1 fully saturated rings. The normalized spacial score (nSPS) is 17.8. The molecule has 0 bridgehead atoms. The van der Waals surface area contributed by atoms with Gasteiger partial charge in [0.1, 0.15) is 0 Å². The Kier molecular flexibility index (Phi) is 4.54. The van der Waals surface area contributed by atoms with Gasteiger partial charge in [0.2, 0.25) is 5.95 Å². The number of rotatable bonds is 3. The second kappa shape index (κ2) is 6.85. The van der Waals surface area contributed by atoms with Gasteiger partial charge in [-0.15, -0.1) is 0 Å². The van der Waals surface area contributed by atoms with Crippen LogP contribution < -0.4 is 16.2 Å². The third kappa shape index (κ3) is 3.03. The van der Waals surface area contributed by atoms with Crippen molar-refractivity contribution in [1.29, 1.82) is 0 Å². The highest BCUT2D eigenvalue weighted by atomic mass is 79.9. The maximum Gasteiger partial charge on any atom is 0.279 e. The lowest BCUT2D eigenvalue weighted by Crippen LogP contribution is -2.44. The summed E-state index contributed by atoms with van der Waals surface area (Å²) in [6, 6.07) is 8.14. The van der Waals surface area contributed by atoms with Gasteiger partial charge < -0.3 is 15.2 Å². The number of nitrogens with two attached hydrogens (primary N) is 1. The molecule has 8 heteroatoms. The van der Waals surface area contributed by atoms with Crippen molar-refractivity contribution in [3.05, 3.63) is 51.0 Å². The number of nitrogens with zero attached hydrogens (tertiary/aromatic N) is 5. The van der Waals surface area contributed by atoms with Crippen molar-refractivity contribution < 1.29 is 0 Å². The maximum atomic E-state index is 12.8. The van der Waals surface area contributed by atoms with E-state index < -0.39 is 0 Å². The number of aryl methyl sites for hydroxylation is 1. The number of hydrogen-bond acceptors (Lipinski definition) is 5. The number of anilines is 1. The van der Waals surface area contributed by atoms with Crippen LogP contribution in [0.3, 0.4) is 0 Å². The average molecular weight is 417 g/mol. The van der Waals surface area contributed by atoms with Crippen LogP contribution in [0, 0.1) is 0 Å². The summed E-state index contributed by atoms with van der Waals surface area (Å²) in [6.07, 6.45) is 3.55. The van der Waals surface area contributed by atoms with Crippen LogP contribution in [-0.2, 0) is 13.6 Å². The molecule has 26 heavy (non-hydrogen) atoms. The number of piperidine rings is 1. The molecule has 0 unspecified atom stereocenters. The van der Waals surface area contributed by atoms with Crippen molar-refractivity contribution in [2.45, 2.75) is 25.4 Å². The Bertz CT molecular complexity index is 1010. The third-order valence-corrected chi connectivity index (χ3v) is 5.61. The van der Waals surface area contributed by atoms with E-state index in [-0.39, 0.29) is 11.6 Å². The Morgan fingerprint density at radius 1 is 1.35 bits per heavy atom. The van der Waals surface area contributed by atoms with E-state index in [0.717, 1.165) is 41.9 Å². The number of hydrogen-bond donors (Lipinski definition) is 1. The van der Waals surface area contributed by atoms with E-state index in [1.807, 2.05) is 28.8 Å². The quantitative estimate of drug-likeness (QED) is 0.704. The molecule has 0 amide bonds. The van der Waals surface area contributed by atoms with Crippen LogP contribution in [0.2, 0.25) is 0 Å². The maximum absolute atomic E-state index is 12.8. The highest BCUT2D eigenvalue weighted by Crippen LogP contribution is 2.25. The summed E-state index contributed by atoms with van der Waals surface area (Å²) in [5.74, 6) is 0.765. The monoisotopic (exact) mass is 416 g/mol. The van der Waals surface area contributed by atoms with Crippen molar-refractivity contribution in [2.24, 2.45) is 12.8 Å². The molecule has 1 aromatic carbocycles. The molecular formula is C18H21BrN6O. The third-order valence-electron chi connectivity index (χ3n) is 4.83. The van der Waals surface area contributed by atoms with E-state index in [1.165, 1.54) is 10.9 Å². The average Bonchev–Trinajstić information content (AvgIpc) is 2.99. The molecule has 0 saturated carbocycles. The Balaban J connectivity index is 1.89. The molecule has 7 nitrogen and oxygen atoms in total. The molecule has 0 radical (unpaired) electrons. The van der Waals surface area contributed by atoms with Gasteiger partial charge in [-0.1, -0.05) is 34.1 Å². The summed E-state index contributed by atoms with van der Waals surface area (Å²) in [5, 5.41) is 0. The van der Waals surface area contributed by atoms with Gasteiger partial charge in [-0.25, -0.2) is 4.98 Å². The zero-order valence-electron chi connectivity index (χ0n) is 14.6. The minimum Gasteiger partial charge on any atom is -0.341 e. The molecule has 1 aliphatic heterocycles. The molecule has 3 heterocycles. The van der Waals surface area contributed by atoms with Gasteiger partial charge in [-0.05, 0) is 24.5 Å². The highest BCUT2D eigenvalue weighted by molar-refractivity contribution is 9.10. The Hall–Kier alpha value is -2.19. The van der Waals surface area contributed by atoms with E-state index in [4.69, 9.17) is 10.7 Å². The number of halogens is 1. The standard InChI is InChI=1S/C18H21BrN6O/c1-23-11-21-16-15(17(23)26)25(9-12-5-2-3-7-14(12)19)18(22-16)24-8-4-6-13(20)10-24/h2-3,5,7,11,13H,4,6,8-10,20H2,1H3/t13-/m1/s1. The van der Waals surface area contributed by atoms with Crippen LogP contribution in [0.15, 0.2) is 39.9 Å². The summed E-state index contributed by atoms with van der Waals surface area (Å²) >= 11 is 3.60. The Morgan fingerprint density at radius 2 is 2.15 bits per heavy atom. The van der Waals surface area contributed by atoms with Gasteiger partial charge in [0.05, 0.1) is 12.9 Å². The summed E-state index contributed by atoms with van der Waals surface area (Å²) in [6.45, 7) is 2.16. The molecular weight excluding hydrogens is 396 g/mol. The Morgan fingerprint density at radius 3 is 2.92 bits per heavy atom. The van der Waals surface area contributed by atoms with Crippen LogP contribution in [0.1, 0.15) is 18.4 Å². The Labute approximate surface area is 159 Å². The van der Waals surface area contributed by atoms with Crippen LogP contribution >= 0.6 is 15.9 Å². The number of fused-ring (bicyclic) bond motifs is 1. The van der Waals surface area contributed by atoms with Crippen molar-refractivity contribution in [2.75, 3.05) is 18.0 Å². The summed E-state index contributed by atoms with van der Waals surface area (Å²) in [4.78, 5) is 24.0. The largest absolute Gasteiger partial charge is 0.341 e. The second-order valence-corrected chi connectivity index (χ2v) is 7.62. The molecule has 1 saturated heterocycles. The van der Waals surface area contributed by atoms with Gasteiger partial charge >= 0.3 is 0 Å². The molecule has 1 aliphatic rings. The summed E-state index contributed by atoms with van der Waals surface area (Å²) in [5.41, 5.74) is 8.17. The molecule has 2 N–H and O–H groups in total. The first kappa shape index (κ1) is 17.2. The van der Waals surface area contributed by atoms with E-state index in [2.05, 4.69) is 25.8 Å². The predicted molar refractivity (Wildman–Crippen MR) is 105 cm³/mol. The zero-order chi connectivity index (χ0) is 18.3. The van der Waals surface area contributed by atoms with E-state index >= 15 is 0 Å². The number of benzene rings is 1. The van der Waals surface area contributed by atoms with E-state index in [9.17, 15) is 4.79 Å². The zero-order valence-corrected chi connectivity index (χ0v) is 16.2. The minimum absolute atomic E-state index is 0.0953. The van der Waals surface area contributed by atoms with Gasteiger partial charge in [-0.2, -0.15) is 4.98 Å². The molecule has 3 aromatic rings. The fourth-order valence-corrected chi connectivity index (χ4v) is 3.88. The lowest BCUT2D eigenvalue weighted by Gasteiger charge is -2.32. The molecule has 4 rings (SSSR count). The van der Waals surface area contributed by atoms with Crippen LogP contribution in [-0.4, -0.2) is 38.2 Å². The lowest BCUT2D eigenvalue weighted by atomic mass is 10.1. The second-order valence-electron chi connectivity index (χ2n) is 6.77. The molecule has 1 atom stereocenters. The lowest BCUT2D eigenvalue weighted by molar-refractivity contribution is 0.495. The van der Waals surface area contributed by atoms with Crippen LogP contribution in [0.5, 0.6) is 0 Å². The summed E-state index contributed by atoms with van der Waals surface area (Å²) in [7, 11) is 1.71. The van der Waals surface area contributed by atoms with E-state index in [1.54, 1.807) is 7.05 Å². The smallest absolute Gasteiger partial charge is 0.279 e. The highest BCUT2D eigenvalue weighted by Gasteiger charge is 2.24. The predicted octanol–water partition coefficient (Wildman–Crippen LogP) is 1.87. The topological polar surface area (TPSA) is 82.0 Å². The molecule has 0 spiro atoms. The van der Waals surface area contributed by atoms with Gasteiger partial charge in [0, 0.05) is 30.7 Å². The van der Waals surface area contributed by atoms with Crippen molar-refractivity contribution >= 4 is 33.0 Å². The van der Waals surface area contributed by atoms with Gasteiger partial charge in [0.15, 0.2) is 11.2 Å². The van der Waals surface area contributed by atoms with Crippen molar-refractivity contribution in [3.8, 4) is 0 Å². The van der Waals surface area contributed by atoms with Gasteiger partial charge in [-0.3, -0.25) is 9.36 Å². The fourth-order valence-electron chi connectivity index (χ4n) is 3.47.